The van der Waals surface area contributed by atoms with Crippen LogP contribution in [0, 0.1) is 0 Å². The molecular weight excluding hydrogens is 288 g/mol. The minimum absolute atomic E-state index is 0.0159. The van der Waals surface area contributed by atoms with Crippen molar-refractivity contribution in [2.45, 2.75) is 88.6 Å². The fourth-order valence-corrected chi connectivity index (χ4v) is 6.75. The van der Waals surface area contributed by atoms with Gasteiger partial charge in [0.15, 0.2) is 0 Å². The first-order valence-corrected chi connectivity index (χ1v) is 11.3. The average Bonchev–Trinajstić information content (AvgIpc) is 2.43. The lowest BCUT2D eigenvalue weighted by Crippen LogP contribution is -2.39. The average molecular weight is 321 g/mol. The standard InChI is InChI=1S/C16H32O2S2/c1-2-3-4-5-6-7-8-9-10-11-13-16-19(17)14-12-15-20(16)18/h16H,2-15H2,1H3. The second-order valence-electron chi connectivity index (χ2n) is 5.92. The van der Waals surface area contributed by atoms with E-state index in [1.54, 1.807) is 0 Å². The molecule has 2 nitrogen and oxygen atoms in total. The van der Waals surface area contributed by atoms with E-state index in [-0.39, 0.29) is 4.58 Å². The summed E-state index contributed by atoms with van der Waals surface area (Å²) in [4.78, 5) is 0. The molecule has 2 atom stereocenters. The van der Waals surface area contributed by atoms with Gasteiger partial charge in [-0.1, -0.05) is 64.7 Å². The van der Waals surface area contributed by atoms with Crippen LogP contribution in [0.3, 0.4) is 0 Å². The van der Waals surface area contributed by atoms with Crippen LogP contribution in [0.5, 0.6) is 0 Å². The van der Waals surface area contributed by atoms with Gasteiger partial charge in [0.2, 0.25) is 0 Å². The maximum Gasteiger partial charge on any atom is 0.261 e. The highest BCUT2D eigenvalue weighted by Gasteiger charge is 2.37. The molecule has 1 aliphatic rings. The zero-order chi connectivity index (χ0) is 14.6. The molecule has 0 saturated carbocycles. The molecule has 0 spiro atoms. The summed E-state index contributed by atoms with van der Waals surface area (Å²) < 4.78 is 23.6. The monoisotopic (exact) mass is 320 g/mol. The predicted octanol–water partition coefficient (Wildman–Crippen LogP) is 4.52. The Labute approximate surface area is 131 Å². The molecule has 0 N–H and O–H groups in total. The first-order valence-electron chi connectivity index (χ1n) is 8.50. The fraction of sp³-hybridized carbons (Fsp3) is 1.00. The van der Waals surface area contributed by atoms with E-state index >= 15 is 0 Å². The quantitative estimate of drug-likeness (QED) is 0.415. The molecule has 0 amide bonds. The van der Waals surface area contributed by atoms with Gasteiger partial charge in [-0.25, -0.2) is 0 Å². The van der Waals surface area contributed by atoms with Gasteiger partial charge in [0, 0.05) is 35.2 Å². The smallest absolute Gasteiger partial charge is 0.261 e. The SMILES string of the molecule is CCCCCCCCCCCCC1[S+]([O-])CCC[S+]1[O-]. The van der Waals surface area contributed by atoms with E-state index in [0.29, 0.717) is 0 Å². The maximum atomic E-state index is 11.8. The summed E-state index contributed by atoms with van der Waals surface area (Å²) in [6.07, 6.45) is 15.0. The third-order valence-electron chi connectivity index (χ3n) is 4.07. The van der Waals surface area contributed by atoms with Gasteiger partial charge in [0.25, 0.3) is 4.58 Å². The van der Waals surface area contributed by atoms with Crippen LogP contribution < -0.4 is 0 Å². The van der Waals surface area contributed by atoms with Gasteiger partial charge >= 0.3 is 0 Å². The zero-order valence-electron chi connectivity index (χ0n) is 13.1. The van der Waals surface area contributed by atoms with Gasteiger partial charge in [-0.05, 0) is 6.42 Å². The Morgan fingerprint density at radius 2 is 1.20 bits per heavy atom. The van der Waals surface area contributed by atoms with E-state index in [0.717, 1.165) is 30.8 Å². The van der Waals surface area contributed by atoms with Gasteiger partial charge in [-0.2, -0.15) is 0 Å². The van der Waals surface area contributed by atoms with Crippen LogP contribution in [0.25, 0.3) is 0 Å². The predicted molar refractivity (Wildman–Crippen MR) is 90.9 cm³/mol. The van der Waals surface area contributed by atoms with Crippen molar-refractivity contribution in [2.24, 2.45) is 0 Å². The second kappa shape index (κ2) is 12.2. The summed E-state index contributed by atoms with van der Waals surface area (Å²) in [5, 5.41) is 0. The number of rotatable bonds is 11. The largest absolute Gasteiger partial charge is 0.612 e. The molecule has 0 aromatic carbocycles. The topological polar surface area (TPSA) is 46.1 Å². The van der Waals surface area contributed by atoms with Crippen molar-refractivity contribution in [2.75, 3.05) is 11.5 Å². The van der Waals surface area contributed by atoms with Gasteiger partial charge in [0.1, 0.15) is 11.5 Å². The Morgan fingerprint density at radius 3 is 1.70 bits per heavy atom. The first kappa shape index (κ1) is 18.7. The van der Waals surface area contributed by atoms with E-state index < -0.39 is 22.4 Å². The molecule has 0 radical (unpaired) electrons. The third kappa shape index (κ3) is 8.16. The summed E-state index contributed by atoms with van der Waals surface area (Å²) >= 11 is -1.64. The van der Waals surface area contributed by atoms with Crippen molar-refractivity contribution in [1.29, 1.82) is 0 Å². The highest BCUT2D eigenvalue weighted by Crippen LogP contribution is 2.25. The van der Waals surface area contributed by atoms with Crippen LogP contribution in [0.2, 0.25) is 0 Å². The van der Waals surface area contributed by atoms with Crippen LogP contribution >= 0.6 is 0 Å². The van der Waals surface area contributed by atoms with Crippen molar-refractivity contribution in [1.82, 2.24) is 0 Å². The van der Waals surface area contributed by atoms with E-state index in [1.165, 1.54) is 57.8 Å². The van der Waals surface area contributed by atoms with Gasteiger partial charge in [-0.3, -0.25) is 0 Å². The summed E-state index contributed by atoms with van der Waals surface area (Å²) in [6.45, 7) is 2.26. The van der Waals surface area contributed by atoms with Crippen LogP contribution in [0.1, 0.15) is 84.0 Å². The fourth-order valence-electron chi connectivity index (χ4n) is 2.79. The maximum absolute atomic E-state index is 11.8. The van der Waals surface area contributed by atoms with E-state index in [2.05, 4.69) is 6.92 Å². The van der Waals surface area contributed by atoms with E-state index in [4.69, 9.17) is 0 Å². The summed E-state index contributed by atoms with van der Waals surface area (Å²) in [7, 11) is 0. The van der Waals surface area contributed by atoms with E-state index in [1.807, 2.05) is 0 Å². The minimum atomic E-state index is -0.822. The molecular formula is C16H32O2S2. The summed E-state index contributed by atoms with van der Waals surface area (Å²) in [5.74, 6) is 1.54. The molecule has 0 aliphatic carbocycles. The molecule has 1 heterocycles. The molecule has 1 rings (SSSR count). The van der Waals surface area contributed by atoms with Gasteiger partial charge in [0.05, 0.1) is 0 Å². The molecule has 20 heavy (non-hydrogen) atoms. The molecule has 0 aromatic rings. The van der Waals surface area contributed by atoms with E-state index in [9.17, 15) is 9.11 Å². The Balaban J connectivity index is 1.89. The molecule has 0 bridgehead atoms. The molecule has 1 saturated heterocycles. The molecule has 1 aliphatic heterocycles. The Bertz CT molecular complexity index is 217. The van der Waals surface area contributed by atoms with Crippen molar-refractivity contribution in [3.8, 4) is 0 Å². The van der Waals surface area contributed by atoms with Crippen LogP contribution in [0.15, 0.2) is 0 Å². The number of unbranched alkanes of at least 4 members (excludes halogenated alkanes) is 9. The van der Waals surface area contributed by atoms with Crippen LogP contribution in [-0.4, -0.2) is 25.2 Å². The Morgan fingerprint density at radius 1 is 0.750 bits per heavy atom. The highest BCUT2D eigenvalue weighted by atomic mass is 32.3. The summed E-state index contributed by atoms with van der Waals surface area (Å²) in [5.41, 5.74) is 0. The lowest BCUT2D eigenvalue weighted by Gasteiger charge is -2.28. The molecule has 120 valence electrons. The lowest BCUT2D eigenvalue weighted by molar-refractivity contribution is 0.535. The van der Waals surface area contributed by atoms with Crippen molar-refractivity contribution >= 4 is 22.4 Å². The van der Waals surface area contributed by atoms with Crippen LogP contribution in [-0.2, 0) is 22.4 Å². The van der Waals surface area contributed by atoms with Crippen LogP contribution in [0.4, 0.5) is 0 Å². The Kier molecular flexibility index (Phi) is 11.4. The third-order valence-corrected chi connectivity index (χ3v) is 8.39. The van der Waals surface area contributed by atoms with Gasteiger partial charge in [-0.15, -0.1) is 0 Å². The lowest BCUT2D eigenvalue weighted by atomic mass is 10.1. The molecule has 0 aromatic heterocycles. The zero-order valence-corrected chi connectivity index (χ0v) is 14.7. The minimum Gasteiger partial charge on any atom is -0.612 e. The highest BCUT2D eigenvalue weighted by molar-refractivity contribution is 8.09. The first-order chi connectivity index (χ1) is 9.75. The van der Waals surface area contributed by atoms with Gasteiger partial charge < -0.3 is 9.11 Å². The molecule has 1 fully saturated rings. The second-order valence-corrected chi connectivity index (χ2v) is 9.70. The van der Waals surface area contributed by atoms with Crippen molar-refractivity contribution < 1.29 is 9.11 Å². The number of hydrogen-bond acceptors (Lipinski definition) is 2. The molecule has 2 unspecified atom stereocenters. The van der Waals surface area contributed by atoms with Crippen molar-refractivity contribution in [3.63, 3.8) is 0 Å². The molecule has 4 heteroatoms. The summed E-state index contributed by atoms with van der Waals surface area (Å²) in [6, 6.07) is 0. The Hall–Kier alpha value is 0.620. The van der Waals surface area contributed by atoms with Crippen molar-refractivity contribution in [3.05, 3.63) is 0 Å². The normalized spacial score (nSPS) is 26.9. The number of hydrogen-bond donors (Lipinski definition) is 0.